The largest absolute Gasteiger partial charge is 0.461 e. The number of hydrogen-bond donors (Lipinski definition) is 0. The molecule has 27 heavy (non-hydrogen) atoms. The summed E-state index contributed by atoms with van der Waals surface area (Å²) in [5.41, 5.74) is 0.854. The van der Waals surface area contributed by atoms with Crippen molar-refractivity contribution in [3.8, 4) is 0 Å². The number of carbonyl (C=O) groups excluding carboxylic acids is 5. The van der Waals surface area contributed by atoms with Crippen LogP contribution >= 0.6 is 0 Å². The lowest BCUT2D eigenvalue weighted by atomic mass is 9.84. The molecule has 1 aromatic carbocycles. The van der Waals surface area contributed by atoms with Gasteiger partial charge in [0.15, 0.2) is 5.78 Å². The van der Waals surface area contributed by atoms with Crippen molar-refractivity contribution >= 4 is 30.1 Å². The van der Waals surface area contributed by atoms with Crippen molar-refractivity contribution in [1.29, 1.82) is 0 Å². The average molecular weight is 374 g/mol. The molecule has 1 aromatic rings. The SMILES string of the molecule is CC(C)C(=O)OC(C(C=O)Cc1ccccc1)C(C)C(=O)C(=O)CCC=O. The van der Waals surface area contributed by atoms with E-state index in [0.29, 0.717) is 12.6 Å². The van der Waals surface area contributed by atoms with E-state index in [2.05, 4.69) is 0 Å². The normalized spacial score (nSPS) is 14.1. The highest BCUT2D eigenvalue weighted by Gasteiger charge is 2.37. The predicted molar refractivity (Wildman–Crippen MR) is 98.9 cm³/mol. The van der Waals surface area contributed by atoms with Crippen LogP contribution < -0.4 is 0 Å². The number of Topliss-reactive ketones (excluding diaryl/α,β-unsaturated/α-hetero) is 2. The van der Waals surface area contributed by atoms with Gasteiger partial charge in [0.25, 0.3) is 0 Å². The number of ether oxygens (including phenoxy) is 1. The van der Waals surface area contributed by atoms with Gasteiger partial charge in [-0.1, -0.05) is 51.1 Å². The maximum Gasteiger partial charge on any atom is 0.308 e. The van der Waals surface area contributed by atoms with Gasteiger partial charge in [-0.3, -0.25) is 14.4 Å². The minimum Gasteiger partial charge on any atom is -0.461 e. The molecule has 6 heteroatoms. The fraction of sp³-hybridized carbons (Fsp3) is 0.476. The zero-order chi connectivity index (χ0) is 20.4. The molecule has 146 valence electrons. The van der Waals surface area contributed by atoms with E-state index in [-0.39, 0.29) is 19.3 Å². The van der Waals surface area contributed by atoms with Gasteiger partial charge < -0.3 is 14.3 Å². The Balaban J connectivity index is 3.07. The molecule has 0 saturated heterocycles. The molecule has 6 nitrogen and oxygen atoms in total. The van der Waals surface area contributed by atoms with Crippen molar-refractivity contribution in [2.45, 2.75) is 46.1 Å². The zero-order valence-corrected chi connectivity index (χ0v) is 15.9. The topological polar surface area (TPSA) is 94.6 Å². The average Bonchev–Trinajstić information content (AvgIpc) is 2.67. The van der Waals surface area contributed by atoms with E-state index >= 15 is 0 Å². The smallest absolute Gasteiger partial charge is 0.308 e. The summed E-state index contributed by atoms with van der Waals surface area (Å²) in [5.74, 6) is -4.17. The van der Waals surface area contributed by atoms with Crippen LogP contribution in [0.2, 0.25) is 0 Å². The number of rotatable bonds is 12. The van der Waals surface area contributed by atoms with Crippen molar-refractivity contribution < 1.29 is 28.7 Å². The van der Waals surface area contributed by atoms with Crippen molar-refractivity contribution in [3.05, 3.63) is 35.9 Å². The number of carbonyl (C=O) groups is 5. The van der Waals surface area contributed by atoms with Gasteiger partial charge in [-0.25, -0.2) is 0 Å². The van der Waals surface area contributed by atoms with Crippen molar-refractivity contribution in [2.24, 2.45) is 17.8 Å². The van der Waals surface area contributed by atoms with E-state index in [1.54, 1.807) is 13.8 Å². The summed E-state index contributed by atoms with van der Waals surface area (Å²) in [7, 11) is 0. The summed E-state index contributed by atoms with van der Waals surface area (Å²) in [5, 5.41) is 0. The van der Waals surface area contributed by atoms with Gasteiger partial charge in [-0.2, -0.15) is 0 Å². The Morgan fingerprint density at radius 1 is 1.04 bits per heavy atom. The van der Waals surface area contributed by atoms with Crippen LogP contribution in [-0.4, -0.2) is 36.2 Å². The lowest BCUT2D eigenvalue weighted by Crippen LogP contribution is -2.41. The Morgan fingerprint density at radius 3 is 2.19 bits per heavy atom. The standard InChI is InChI=1S/C21H26O6/c1-14(2)21(26)27-20(15(3)19(25)18(24)10-7-11-22)17(13-23)12-16-8-5-4-6-9-16/h4-6,8-9,11,13-15,17,20H,7,10,12H2,1-3H3. The Kier molecular flexibility index (Phi) is 9.26. The second kappa shape index (κ2) is 11.2. The summed E-state index contributed by atoms with van der Waals surface area (Å²) >= 11 is 0. The number of aldehydes is 2. The lowest BCUT2D eigenvalue weighted by molar-refractivity contribution is -0.162. The number of ketones is 2. The summed E-state index contributed by atoms with van der Waals surface area (Å²) in [6.07, 6.45) is 0.211. The molecule has 0 saturated carbocycles. The van der Waals surface area contributed by atoms with Gasteiger partial charge in [0, 0.05) is 12.8 Å². The molecule has 0 heterocycles. The quantitative estimate of drug-likeness (QED) is 0.317. The van der Waals surface area contributed by atoms with Gasteiger partial charge >= 0.3 is 5.97 Å². The third-order valence-corrected chi connectivity index (χ3v) is 4.31. The number of benzene rings is 1. The van der Waals surface area contributed by atoms with Crippen molar-refractivity contribution in [2.75, 3.05) is 0 Å². The second-order valence-electron chi connectivity index (χ2n) is 6.83. The van der Waals surface area contributed by atoms with Crippen LogP contribution in [0.25, 0.3) is 0 Å². The van der Waals surface area contributed by atoms with Crippen LogP contribution in [-0.2, 0) is 35.1 Å². The molecule has 0 radical (unpaired) electrons. The van der Waals surface area contributed by atoms with Crippen LogP contribution in [0.15, 0.2) is 30.3 Å². The third kappa shape index (κ3) is 6.89. The summed E-state index contributed by atoms with van der Waals surface area (Å²) in [6.45, 7) is 4.77. The van der Waals surface area contributed by atoms with E-state index in [0.717, 1.165) is 5.56 Å². The lowest BCUT2D eigenvalue weighted by Gasteiger charge is -2.28. The van der Waals surface area contributed by atoms with Crippen LogP contribution in [0.1, 0.15) is 39.2 Å². The molecule has 0 aromatic heterocycles. The van der Waals surface area contributed by atoms with Gasteiger partial charge in [0.1, 0.15) is 18.7 Å². The Hall–Kier alpha value is -2.63. The zero-order valence-electron chi connectivity index (χ0n) is 15.9. The predicted octanol–water partition coefficient (Wildman–Crippen LogP) is 2.37. The van der Waals surface area contributed by atoms with Gasteiger partial charge in [-0.05, 0) is 12.0 Å². The molecule has 0 aliphatic heterocycles. The molecule has 3 atom stereocenters. The van der Waals surface area contributed by atoms with Crippen molar-refractivity contribution in [1.82, 2.24) is 0 Å². The summed E-state index contributed by atoms with van der Waals surface area (Å²) in [4.78, 5) is 58.7. The molecule has 0 spiro atoms. The highest BCUT2D eigenvalue weighted by atomic mass is 16.5. The molecule has 0 N–H and O–H groups in total. The molecule has 3 unspecified atom stereocenters. The van der Waals surface area contributed by atoms with Crippen LogP contribution in [0.4, 0.5) is 0 Å². The molecular weight excluding hydrogens is 348 g/mol. The molecule has 0 aliphatic carbocycles. The maximum absolute atomic E-state index is 12.4. The van der Waals surface area contributed by atoms with Crippen LogP contribution in [0.3, 0.4) is 0 Å². The summed E-state index contributed by atoms with van der Waals surface area (Å²) < 4.78 is 5.46. The number of esters is 1. The number of hydrogen-bond acceptors (Lipinski definition) is 6. The minimum atomic E-state index is -1.05. The molecule has 0 bridgehead atoms. The van der Waals surface area contributed by atoms with Crippen LogP contribution in [0, 0.1) is 17.8 Å². The molecule has 1 rings (SSSR count). The minimum absolute atomic E-state index is 0.0468. The first-order chi connectivity index (χ1) is 12.8. The fourth-order valence-electron chi connectivity index (χ4n) is 2.67. The van der Waals surface area contributed by atoms with E-state index in [1.165, 1.54) is 6.92 Å². The highest BCUT2D eigenvalue weighted by molar-refractivity contribution is 6.38. The van der Waals surface area contributed by atoms with Gasteiger partial charge in [0.05, 0.1) is 17.8 Å². The molecule has 0 amide bonds. The Labute approximate surface area is 159 Å². The third-order valence-electron chi connectivity index (χ3n) is 4.31. The Bertz CT molecular complexity index is 665. The monoisotopic (exact) mass is 374 g/mol. The first-order valence-electron chi connectivity index (χ1n) is 9.02. The van der Waals surface area contributed by atoms with E-state index in [4.69, 9.17) is 4.74 Å². The summed E-state index contributed by atoms with van der Waals surface area (Å²) in [6, 6.07) is 9.15. The van der Waals surface area contributed by atoms with Gasteiger partial charge in [0.2, 0.25) is 5.78 Å². The van der Waals surface area contributed by atoms with Crippen molar-refractivity contribution in [3.63, 3.8) is 0 Å². The molecular formula is C21H26O6. The van der Waals surface area contributed by atoms with E-state index in [1.807, 2.05) is 30.3 Å². The highest BCUT2D eigenvalue weighted by Crippen LogP contribution is 2.23. The van der Waals surface area contributed by atoms with E-state index < -0.39 is 41.4 Å². The second-order valence-corrected chi connectivity index (χ2v) is 6.83. The molecule has 0 aliphatic rings. The van der Waals surface area contributed by atoms with Gasteiger partial charge in [-0.15, -0.1) is 0 Å². The molecule has 0 fully saturated rings. The Morgan fingerprint density at radius 2 is 1.67 bits per heavy atom. The first-order valence-corrected chi connectivity index (χ1v) is 9.02. The van der Waals surface area contributed by atoms with E-state index in [9.17, 15) is 24.0 Å². The fourth-order valence-corrected chi connectivity index (χ4v) is 2.67. The maximum atomic E-state index is 12.4. The first kappa shape index (κ1) is 22.4. The van der Waals surface area contributed by atoms with Crippen LogP contribution in [0.5, 0.6) is 0 Å².